The van der Waals surface area contributed by atoms with Gasteiger partial charge in [-0.1, -0.05) is 83.1 Å². The summed E-state index contributed by atoms with van der Waals surface area (Å²) in [6, 6.07) is 27.6. The van der Waals surface area contributed by atoms with E-state index in [4.69, 9.17) is 20.1 Å². The van der Waals surface area contributed by atoms with Gasteiger partial charge in [0.1, 0.15) is 35.4 Å². The average molecular weight is 547 g/mol. The highest BCUT2D eigenvalue weighted by molar-refractivity contribution is 5.90. The summed E-state index contributed by atoms with van der Waals surface area (Å²) in [7, 11) is 0. The highest BCUT2D eigenvalue weighted by atomic mass is 16.4. The molecule has 0 saturated heterocycles. The molecule has 0 fully saturated rings. The number of aromatic hydroxyl groups is 4. The third-order valence-corrected chi connectivity index (χ3v) is 6.05. The van der Waals surface area contributed by atoms with E-state index >= 15 is 0 Å². The lowest BCUT2D eigenvalue weighted by Crippen LogP contribution is -2.18. The van der Waals surface area contributed by atoms with Gasteiger partial charge < -0.3 is 30.3 Å². The Balaban J connectivity index is 0.000000304. The van der Waals surface area contributed by atoms with Gasteiger partial charge >= 0.3 is 5.97 Å². The molecule has 0 aliphatic heterocycles. The van der Waals surface area contributed by atoms with Crippen molar-refractivity contribution in [2.24, 2.45) is 0 Å². The maximum absolute atomic E-state index is 10.3. The third-order valence-electron chi connectivity index (χ3n) is 6.05. The number of carbonyl (C=O) groups is 2. The van der Waals surface area contributed by atoms with E-state index in [0.717, 1.165) is 11.1 Å². The zero-order valence-corrected chi connectivity index (χ0v) is 23.5. The van der Waals surface area contributed by atoms with E-state index in [1.54, 1.807) is 48.5 Å². The Morgan fingerprint density at radius 2 is 0.875 bits per heavy atom. The van der Waals surface area contributed by atoms with E-state index in [1.807, 2.05) is 43.2 Å². The van der Waals surface area contributed by atoms with Gasteiger partial charge in [0.25, 0.3) is 0 Å². The van der Waals surface area contributed by atoms with E-state index in [2.05, 4.69) is 34.6 Å². The van der Waals surface area contributed by atoms with E-state index in [0.29, 0.717) is 5.75 Å². The first kappa shape index (κ1) is 33.2. The first-order chi connectivity index (χ1) is 18.7. The van der Waals surface area contributed by atoms with Crippen LogP contribution in [0.1, 0.15) is 61.7 Å². The molecule has 0 aromatic heterocycles. The van der Waals surface area contributed by atoms with E-state index in [9.17, 15) is 15.0 Å². The molecule has 4 aromatic rings. The highest BCUT2D eigenvalue weighted by Gasteiger charge is 2.22. The summed E-state index contributed by atoms with van der Waals surface area (Å²) in [6.45, 7) is 12.7. The molecule has 0 bridgehead atoms. The van der Waals surface area contributed by atoms with E-state index < -0.39 is 5.97 Å². The fourth-order valence-corrected chi connectivity index (χ4v) is 3.54. The van der Waals surface area contributed by atoms with Crippen molar-refractivity contribution >= 4 is 12.8 Å². The lowest BCUT2D eigenvalue weighted by molar-refractivity contribution is -0.0980. The van der Waals surface area contributed by atoms with Gasteiger partial charge in [-0.2, -0.15) is 0 Å². The van der Waals surface area contributed by atoms with Crippen LogP contribution in [0.2, 0.25) is 0 Å². The molecule has 0 amide bonds. The van der Waals surface area contributed by atoms with Gasteiger partial charge in [-0.3, -0.25) is 0 Å². The number of para-hydroxylation sites is 1. The topological polar surface area (TPSA) is 135 Å². The van der Waals surface area contributed by atoms with Crippen molar-refractivity contribution in [3.63, 3.8) is 0 Å². The Bertz CT molecular complexity index is 1270. The molecule has 0 aliphatic rings. The van der Waals surface area contributed by atoms with Crippen molar-refractivity contribution in [1.29, 1.82) is 0 Å². The molecule has 0 unspecified atom stereocenters. The van der Waals surface area contributed by atoms with E-state index in [-0.39, 0.29) is 33.6 Å². The zero-order valence-electron chi connectivity index (χ0n) is 23.5. The summed E-state index contributed by atoms with van der Waals surface area (Å²) >= 11 is 0. The fourth-order valence-electron chi connectivity index (χ4n) is 3.54. The first-order valence-electron chi connectivity index (χ1n) is 12.4. The van der Waals surface area contributed by atoms with Gasteiger partial charge in [0, 0.05) is 5.41 Å². The molecule has 0 spiro atoms. The largest absolute Gasteiger partial charge is 0.508 e. The van der Waals surface area contributed by atoms with Gasteiger partial charge in [-0.05, 0) is 70.6 Å². The van der Waals surface area contributed by atoms with Crippen molar-refractivity contribution < 1.29 is 35.1 Å². The number of phenolic OH excluding ortho intramolecular Hbond substituents is 3. The number of hydrogen-bond acceptors (Lipinski definition) is 6. The minimum atomic E-state index is -1.11. The lowest BCUT2D eigenvalue weighted by atomic mass is 9.78. The number of phenols is 4. The molecule has 7 heteroatoms. The Kier molecular flexibility index (Phi) is 12.4. The van der Waals surface area contributed by atoms with Crippen LogP contribution in [0, 0.1) is 0 Å². The Hall–Kier alpha value is -4.78. The Morgan fingerprint density at radius 1 is 0.550 bits per heavy atom. The monoisotopic (exact) mass is 546 g/mol. The highest BCUT2D eigenvalue weighted by Crippen LogP contribution is 2.33. The second kappa shape index (κ2) is 15.0. The van der Waals surface area contributed by atoms with Crippen LogP contribution < -0.4 is 0 Å². The van der Waals surface area contributed by atoms with Gasteiger partial charge in [-0.25, -0.2) is 4.79 Å². The summed E-state index contributed by atoms with van der Waals surface area (Å²) in [4.78, 5) is 18.3. The summed E-state index contributed by atoms with van der Waals surface area (Å²) in [6.07, 6.45) is 0. The number of rotatable bonds is 3. The summed E-state index contributed by atoms with van der Waals surface area (Å²) in [5.74, 6) is -0.434. The number of carboxylic acids is 1. The number of carbonyl (C=O) groups excluding carboxylic acids is 1. The molecule has 0 heterocycles. The predicted molar refractivity (Wildman–Crippen MR) is 157 cm³/mol. The van der Waals surface area contributed by atoms with Gasteiger partial charge in [0.15, 0.2) is 0 Å². The molecule has 0 radical (unpaired) electrons. The van der Waals surface area contributed by atoms with Crippen molar-refractivity contribution in [2.45, 2.75) is 45.4 Å². The Labute approximate surface area is 235 Å². The molecule has 7 nitrogen and oxygen atoms in total. The van der Waals surface area contributed by atoms with Crippen LogP contribution in [0.4, 0.5) is 0 Å². The SMILES string of the molecule is C=O.CC(C)(C)c1ccc(O)cc1.CC(C)(c1ccc(O)cc1)c1ccc(O)cc1.O=C(O)c1ccccc1O. The normalized spacial score (nSPS) is 10.4. The van der Waals surface area contributed by atoms with Crippen LogP contribution in [-0.2, 0) is 15.6 Å². The van der Waals surface area contributed by atoms with Crippen LogP contribution in [-0.4, -0.2) is 38.3 Å². The molecule has 0 saturated carbocycles. The third kappa shape index (κ3) is 10.2. The van der Waals surface area contributed by atoms with Crippen molar-refractivity contribution in [3.05, 3.63) is 119 Å². The lowest BCUT2D eigenvalue weighted by Gasteiger charge is -2.26. The number of benzene rings is 4. The minimum Gasteiger partial charge on any atom is -0.508 e. The zero-order chi connectivity index (χ0) is 30.5. The average Bonchev–Trinajstić information content (AvgIpc) is 2.91. The molecule has 40 heavy (non-hydrogen) atoms. The fraction of sp³-hybridized carbons (Fsp3) is 0.212. The predicted octanol–water partition coefficient (Wildman–Crippen LogP) is 7.02. The molecule has 4 aromatic carbocycles. The minimum absolute atomic E-state index is 0.0671. The van der Waals surface area contributed by atoms with Crippen LogP contribution in [0.5, 0.6) is 23.0 Å². The van der Waals surface area contributed by atoms with Crippen LogP contribution in [0.15, 0.2) is 97.1 Å². The van der Waals surface area contributed by atoms with Crippen LogP contribution in [0.25, 0.3) is 0 Å². The standard InChI is InChI=1S/C15H16O2.C10H14O.C7H6O3.CH2O/c1-15(2,11-3-7-13(16)8-4-11)12-5-9-14(17)10-6-12;1-10(2,3)8-4-6-9(11)7-5-8;8-6-4-2-1-3-5(6)7(9)10;1-2/h3-10,16-17H,1-2H3;4-7,11H,1-3H3;1-4,8H,(H,9,10);1H2. The van der Waals surface area contributed by atoms with Gasteiger partial charge in [0.05, 0.1) is 0 Å². The molecular formula is C33H38O7. The summed E-state index contributed by atoms with van der Waals surface area (Å²) in [5.41, 5.74) is 3.45. The molecule has 0 atom stereocenters. The molecule has 5 N–H and O–H groups in total. The molecule has 212 valence electrons. The van der Waals surface area contributed by atoms with Crippen LogP contribution in [0.3, 0.4) is 0 Å². The van der Waals surface area contributed by atoms with E-state index in [1.165, 1.54) is 17.7 Å². The van der Waals surface area contributed by atoms with Crippen molar-refractivity contribution in [3.8, 4) is 23.0 Å². The maximum Gasteiger partial charge on any atom is 0.339 e. The second-order valence-corrected chi connectivity index (χ2v) is 10.3. The smallest absolute Gasteiger partial charge is 0.339 e. The first-order valence-corrected chi connectivity index (χ1v) is 12.4. The number of hydrogen-bond donors (Lipinski definition) is 5. The molecular weight excluding hydrogens is 508 g/mol. The van der Waals surface area contributed by atoms with Gasteiger partial charge in [-0.15, -0.1) is 0 Å². The maximum atomic E-state index is 10.3. The summed E-state index contributed by atoms with van der Waals surface area (Å²) < 4.78 is 0. The molecule has 4 rings (SSSR count). The Morgan fingerprint density at radius 3 is 1.15 bits per heavy atom. The summed E-state index contributed by atoms with van der Waals surface area (Å²) in [5, 5.41) is 44.9. The van der Waals surface area contributed by atoms with Crippen LogP contribution >= 0.6 is 0 Å². The van der Waals surface area contributed by atoms with Crippen molar-refractivity contribution in [2.75, 3.05) is 0 Å². The molecule has 0 aliphatic carbocycles. The quantitative estimate of drug-likeness (QED) is 0.186. The number of aromatic carboxylic acids is 1. The number of carboxylic acid groups (broad SMARTS) is 1. The van der Waals surface area contributed by atoms with Gasteiger partial charge in [0.2, 0.25) is 0 Å². The van der Waals surface area contributed by atoms with Crippen molar-refractivity contribution in [1.82, 2.24) is 0 Å². The second-order valence-electron chi connectivity index (χ2n) is 10.3.